The topological polar surface area (TPSA) is 122 Å². The Morgan fingerprint density at radius 2 is 1.87 bits per heavy atom. The quantitative estimate of drug-likeness (QED) is 0.302. The Balaban J connectivity index is 1.35. The second-order valence-electron chi connectivity index (χ2n) is 8.59. The van der Waals surface area contributed by atoms with Crippen LogP contribution in [0.4, 0.5) is 5.13 Å². The molecule has 0 fully saturated rings. The molecule has 0 aliphatic rings. The van der Waals surface area contributed by atoms with Gasteiger partial charge in [0.15, 0.2) is 15.6 Å². The van der Waals surface area contributed by atoms with E-state index >= 15 is 0 Å². The molecule has 1 amide bonds. The fourth-order valence-electron chi connectivity index (χ4n) is 4.16. The van der Waals surface area contributed by atoms with Gasteiger partial charge in [0.2, 0.25) is 0 Å². The van der Waals surface area contributed by atoms with Crippen LogP contribution in [0.5, 0.6) is 0 Å². The van der Waals surface area contributed by atoms with E-state index < -0.39 is 0 Å². The zero-order chi connectivity index (χ0) is 26.4. The molecule has 6 aromatic rings. The molecule has 0 saturated carbocycles. The van der Waals surface area contributed by atoms with Crippen molar-refractivity contribution in [1.82, 2.24) is 29.5 Å². The van der Waals surface area contributed by atoms with E-state index in [1.54, 1.807) is 36.9 Å². The minimum atomic E-state index is -0.372. The van der Waals surface area contributed by atoms with Gasteiger partial charge < -0.3 is 4.57 Å². The first-order valence-corrected chi connectivity index (χ1v) is 12.6. The molecule has 2 aromatic carbocycles. The first kappa shape index (κ1) is 23.7. The van der Waals surface area contributed by atoms with Crippen molar-refractivity contribution in [3.05, 3.63) is 83.0 Å². The lowest BCUT2D eigenvalue weighted by atomic mass is 9.99. The van der Waals surface area contributed by atoms with Gasteiger partial charge in [-0.3, -0.25) is 15.1 Å². The fraction of sp³-hybridized carbons (Fsp3) is 0.0741. The van der Waals surface area contributed by atoms with Crippen LogP contribution in [0.3, 0.4) is 0 Å². The first-order chi connectivity index (χ1) is 18.4. The smallest absolute Gasteiger partial charge is 0.259 e. The van der Waals surface area contributed by atoms with Crippen molar-refractivity contribution in [2.75, 3.05) is 5.32 Å². The molecule has 0 aliphatic heterocycles. The number of hydrogen-bond donors (Lipinski definition) is 1. The average molecular weight is 537 g/mol. The van der Waals surface area contributed by atoms with Gasteiger partial charge in [0.25, 0.3) is 5.91 Å². The van der Waals surface area contributed by atoms with Crippen LogP contribution in [0.25, 0.3) is 43.9 Å². The summed E-state index contributed by atoms with van der Waals surface area (Å²) in [6.07, 6.45) is 4.88. The molecule has 0 aliphatic carbocycles. The predicted octanol–water partition coefficient (Wildman–Crippen LogP) is 5.79. The Morgan fingerprint density at radius 1 is 1.05 bits per heavy atom. The Labute approximate surface area is 225 Å². The third kappa shape index (κ3) is 4.24. The SMILES string of the molecule is Cc1cc(-c2cc(Cl)cc3c2ncn3C)c(C(=O)Nc2nc3ncc(-c4ccc(C#N)cc4)nc3s2)cn1. The van der Waals surface area contributed by atoms with Crippen LogP contribution in [0.1, 0.15) is 21.6 Å². The van der Waals surface area contributed by atoms with Crippen molar-refractivity contribution in [2.45, 2.75) is 6.92 Å². The van der Waals surface area contributed by atoms with E-state index in [1.165, 1.54) is 11.3 Å². The molecule has 6 rings (SSSR count). The fourth-order valence-corrected chi connectivity index (χ4v) is 5.16. The number of nitriles is 1. The number of imidazole rings is 1. The number of pyridine rings is 1. The Hall–Kier alpha value is -4.72. The number of anilines is 1. The summed E-state index contributed by atoms with van der Waals surface area (Å²) in [6, 6.07) is 14.7. The summed E-state index contributed by atoms with van der Waals surface area (Å²) < 4.78 is 1.88. The van der Waals surface area contributed by atoms with Crippen LogP contribution < -0.4 is 5.32 Å². The zero-order valence-corrected chi connectivity index (χ0v) is 21.7. The van der Waals surface area contributed by atoms with Crippen molar-refractivity contribution >= 4 is 55.5 Å². The number of benzene rings is 2. The summed E-state index contributed by atoms with van der Waals surface area (Å²) in [4.78, 5) is 36.4. The Bertz CT molecular complexity index is 1920. The minimum absolute atomic E-state index is 0.364. The number of amides is 1. The van der Waals surface area contributed by atoms with E-state index in [9.17, 15) is 4.79 Å². The number of hydrogen-bond acceptors (Lipinski definition) is 8. The highest BCUT2D eigenvalue weighted by molar-refractivity contribution is 7.21. The van der Waals surface area contributed by atoms with Gasteiger partial charge in [-0.25, -0.2) is 15.0 Å². The highest BCUT2D eigenvalue weighted by Crippen LogP contribution is 2.34. The lowest BCUT2D eigenvalue weighted by molar-refractivity contribution is 0.102. The number of nitrogens with one attached hydrogen (secondary N) is 1. The van der Waals surface area contributed by atoms with E-state index in [4.69, 9.17) is 16.9 Å². The molecule has 0 spiro atoms. The van der Waals surface area contributed by atoms with E-state index in [1.807, 2.05) is 42.8 Å². The van der Waals surface area contributed by atoms with Crippen molar-refractivity contribution < 1.29 is 4.79 Å². The second-order valence-corrected chi connectivity index (χ2v) is 10.0. The summed E-state index contributed by atoms with van der Waals surface area (Å²) >= 11 is 7.65. The zero-order valence-electron chi connectivity index (χ0n) is 20.1. The molecule has 0 bridgehead atoms. The van der Waals surface area contributed by atoms with Gasteiger partial charge in [-0.15, -0.1) is 0 Å². The third-order valence-electron chi connectivity index (χ3n) is 6.02. The summed E-state index contributed by atoms with van der Waals surface area (Å²) in [7, 11) is 1.89. The van der Waals surface area contributed by atoms with Gasteiger partial charge in [-0.1, -0.05) is 35.1 Å². The summed E-state index contributed by atoms with van der Waals surface area (Å²) in [5.74, 6) is -0.372. The maximum Gasteiger partial charge on any atom is 0.259 e. The number of fused-ring (bicyclic) bond motifs is 2. The van der Waals surface area contributed by atoms with Crippen LogP contribution in [0.15, 0.2) is 61.2 Å². The molecule has 11 heteroatoms. The standard InChI is InChI=1S/C27H17ClN8OS/c1-14-7-18(19-8-17(28)9-22-23(19)32-13-36(22)2)20(11-30-14)25(37)35-27-34-24-26(38-27)33-21(12-31-24)16-5-3-15(10-29)4-6-16/h3-9,11-13H,1-2H3,(H,31,34,35,37). The van der Waals surface area contributed by atoms with E-state index in [0.29, 0.717) is 43.0 Å². The molecule has 184 valence electrons. The summed E-state index contributed by atoms with van der Waals surface area (Å²) in [6.45, 7) is 1.86. The number of aryl methyl sites for hydroxylation is 2. The maximum absolute atomic E-state index is 13.5. The van der Waals surface area contributed by atoms with Crippen LogP contribution in [0, 0.1) is 18.3 Å². The van der Waals surface area contributed by atoms with Crippen molar-refractivity contribution in [2.24, 2.45) is 7.05 Å². The number of carbonyl (C=O) groups excluding carboxylic acids is 1. The van der Waals surface area contributed by atoms with Gasteiger partial charge in [0.1, 0.15) is 0 Å². The third-order valence-corrected chi connectivity index (χ3v) is 7.10. The maximum atomic E-state index is 13.5. The molecule has 0 radical (unpaired) electrons. The Kier molecular flexibility index (Phi) is 5.79. The molecule has 4 aromatic heterocycles. The van der Waals surface area contributed by atoms with Crippen molar-refractivity contribution in [3.63, 3.8) is 0 Å². The highest BCUT2D eigenvalue weighted by atomic mass is 35.5. The monoisotopic (exact) mass is 536 g/mol. The first-order valence-electron chi connectivity index (χ1n) is 11.4. The van der Waals surface area contributed by atoms with Gasteiger partial charge in [0.05, 0.1) is 46.4 Å². The lowest BCUT2D eigenvalue weighted by Crippen LogP contribution is -2.14. The molecule has 0 atom stereocenters. The van der Waals surface area contributed by atoms with Crippen LogP contribution >= 0.6 is 22.9 Å². The average Bonchev–Trinajstić information content (AvgIpc) is 3.50. The number of halogens is 1. The van der Waals surface area contributed by atoms with Gasteiger partial charge >= 0.3 is 0 Å². The van der Waals surface area contributed by atoms with Crippen LogP contribution in [0.2, 0.25) is 5.02 Å². The normalized spacial score (nSPS) is 11.1. The Morgan fingerprint density at radius 3 is 2.66 bits per heavy atom. The molecule has 9 nitrogen and oxygen atoms in total. The molecule has 1 N–H and O–H groups in total. The lowest BCUT2D eigenvalue weighted by Gasteiger charge is -2.11. The largest absolute Gasteiger partial charge is 0.334 e. The highest BCUT2D eigenvalue weighted by Gasteiger charge is 2.20. The molecule has 4 heterocycles. The molecular weight excluding hydrogens is 520 g/mol. The number of thiazole rings is 1. The van der Waals surface area contributed by atoms with Gasteiger partial charge in [0, 0.05) is 40.7 Å². The molecule has 0 saturated heterocycles. The number of rotatable bonds is 4. The van der Waals surface area contributed by atoms with E-state index in [0.717, 1.165) is 27.9 Å². The number of aromatic nitrogens is 6. The van der Waals surface area contributed by atoms with Crippen molar-refractivity contribution in [3.8, 4) is 28.5 Å². The van der Waals surface area contributed by atoms with Gasteiger partial charge in [-0.2, -0.15) is 10.2 Å². The molecule has 0 unspecified atom stereocenters. The van der Waals surface area contributed by atoms with Crippen LogP contribution in [-0.4, -0.2) is 35.4 Å². The van der Waals surface area contributed by atoms with E-state index in [2.05, 4.69) is 36.3 Å². The number of nitrogens with zero attached hydrogens (tertiary/aromatic N) is 7. The summed E-state index contributed by atoms with van der Waals surface area (Å²) in [5, 5.41) is 12.8. The second kappa shape index (κ2) is 9.30. The van der Waals surface area contributed by atoms with Gasteiger partial charge in [-0.05, 0) is 37.3 Å². The molecule has 38 heavy (non-hydrogen) atoms. The van der Waals surface area contributed by atoms with Crippen LogP contribution in [-0.2, 0) is 7.05 Å². The minimum Gasteiger partial charge on any atom is -0.334 e. The molecular formula is C27H17ClN8OS. The summed E-state index contributed by atoms with van der Waals surface area (Å²) in [5.41, 5.74) is 6.59. The van der Waals surface area contributed by atoms with Crippen molar-refractivity contribution in [1.29, 1.82) is 5.26 Å². The predicted molar refractivity (Wildman–Crippen MR) is 147 cm³/mol. The van der Waals surface area contributed by atoms with E-state index in [-0.39, 0.29) is 5.91 Å². The number of carbonyl (C=O) groups is 1.